The molecule has 1 aromatic carbocycles. The van der Waals surface area contributed by atoms with Crippen LogP contribution in [0.5, 0.6) is 0 Å². The molecule has 0 spiro atoms. The van der Waals surface area contributed by atoms with Crippen molar-refractivity contribution in [3.8, 4) is 0 Å². The molecule has 1 aliphatic heterocycles. The van der Waals surface area contributed by atoms with E-state index in [1.165, 1.54) is 6.26 Å². The average Bonchev–Trinajstić information content (AvgIpc) is 3.00. The number of carbonyl (C=O) groups is 2. The third-order valence-corrected chi connectivity index (χ3v) is 5.01. The summed E-state index contributed by atoms with van der Waals surface area (Å²) in [5.41, 5.74) is 0.698. The number of furan rings is 1. The number of carbonyl (C=O) groups excluding carboxylic acids is 2. The molecule has 2 aromatic rings. The summed E-state index contributed by atoms with van der Waals surface area (Å²) in [4.78, 5) is 27.5. The number of halogens is 1. The Morgan fingerprint density at radius 1 is 1.04 bits per heavy atom. The smallest absolute Gasteiger partial charge is 0.270 e. The van der Waals surface area contributed by atoms with Gasteiger partial charge in [0.15, 0.2) is 0 Å². The minimum Gasteiger partial charge on any atom is -0.465 e. The van der Waals surface area contributed by atoms with Gasteiger partial charge in [0.05, 0.1) is 11.8 Å². The van der Waals surface area contributed by atoms with Gasteiger partial charge in [-0.25, -0.2) is 0 Å². The molecule has 0 unspecified atom stereocenters. The lowest BCUT2D eigenvalue weighted by atomic mass is 10.2. The van der Waals surface area contributed by atoms with Crippen LogP contribution in [0.15, 0.2) is 57.2 Å². The van der Waals surface area contributed by atoms with Crippen LogP contribution in [0.3, 0.4) is 0 Å². The van der Waals surface area contributed by atoms with E-state index in [0.29, 0.717) is 28.9 Å². The first-order valence-corrected chi connectivity index (χ1v) is 9.55. The van der Waals surface area contributed by atoms with Crippen molar-refractivity contribution in [2.24, 2.45) is 0 Å². The van der Waals surface area contributed by atoms with Gasteiger partial charge in [0, 0.05) is 23.6 Å². The summed E-state index contributed by atoms with van der Waals surface area (Å²) in [5.74, 6) is 0.0118. The number of benzene rings is 1. The van der Waals surface area contributed by atoms with Crippen molar-refractivity contribution < 1.29 is 14.0 Å². The Balaban J connectivity index is 1.85. The molecule has 0 bridgehead atoms. The first-order chi connectivity index (χ1) is 12.6. The number of amides is 2. The van der Waals surface area contributed by atoms with E-state index in [1.54, 1.807) is 36.4 Å². The summed E-state index contributed by atoms with van der Waals surface area (Å²) in [6, 6.07) is 10.6. The van der Waals surface area contributed by atoms with Gasteiger partial charge in [0.2, 0.25) is 0 Å². The molecule has 5 nitrogen and oxygen atoms in total. The van der Waals surface area contributed by atoms with Crippen LogP contribution in [0.4, 0.5) is 0 Å². The van der Waals surface area contributed by atoms with E-state index in [4.69, 9.17) is 4.42 Å². The van der Waals surface area contributed by atoms with Crippen molar-refractivity contribution in [1.82, 2.24) is 10.2 Å². The fourth-order valence-electron chi connectivity index (χ4n) is 2.95. The average molecular weight is 417 g/mol. The molecule has 0 aliphatic carbocycles. The van der Waals surface area contributed by atoms with Gasteiger partial charge >= 0.3 is 0 Å². The molecule has 6 heteroatoms. The molecule has 136 valence electrons. The van der Waals surface area contributed by atoms with Crippen molar-refractivity contribution in [3.05, 3.63) is 64.2 Å². The predicted octanol–water partition coefficient (Wildman–Crippen LogP) is 4.22. The highest BCUT2D eigenvalue weighted by Gasteiger charge is 2.22. The zero-order chi connectivity index (χ0) is 18.4. The van der Waals surface area contributed by atoms with Crippen LogP contribution in [-0.2, 0) is 4.79 Å². The monoisotopic (exact) mass is 416 g/mol. The summed E-state index contributed by atoms with van der Waals surface area (Å²) >= 11 is 3.38. The summed E-state index contributed by atoms with van der Waals surface area (Å²) < 4.78 is 6.01. The predicted molar refractivity (Wildman–Crippen MR) is 103 cm³/mol. The third-order valence-electron chi connectivity index (χ3n) is 4.32. The number of hydrogen-bond donors (Lipinski definition) is 1. The number of likely N-dealkylation sites (tertiary alicyclic amines) is 1. The summed E-state index contributed by atoms with van der Waals surface area (Å²) in [5, 5.41) is 2.77. The van der Waals surface area contributed by atoms with Crippen molar-refractivity contribution in [3.63, 3.8) is 0 Å². The second-order valence-corrected chi connectivity index (χ2v) is 7.07. The van der Waals surface area contributed by atoms with E-state index in [9.17, 15) is 9.59 Å². The number of rotatable bonds is 4. The minimum atomic E-state index is -0.335. The molecule has 1 aromatic heterocycles. The van der Waals surface area contributed by atoms with E-state index in [2.05, 4.69) is 21.2 Å². The SMILES string of the molecule is O=C(N/C(=C\c1ccco1)C(=O)N1CCCCCC1)c1ccccc1Br. The van der Waals surface area contributed by atoms with Gasteiger partial charge < -0.3 is 14.6 Å². The van der Waals surface area contributed by atoms with Gasteiger partial charge in [0.1, 0.15) is 11.5 Å². The molecule has 2 amide bonds. The van der Waals surface area contributed by atoms with Gasteiger partial charge in [-0.05, 0) is 53.0 Å². The third kappa shape index (κ3) is 4.64. The quantitative estimate of drug-likeness (QED) is 0.758. The largest absolute Gasteiger partial charge is 0.465 e. The topological polar surface area (TPSA) is 62.6 Å². The van der Waals surface area contributed by atoms with Crippen LogP contribution < -0.4 is 5.32 Å². The Labute approximate surface area is 161 Å². The highest BCUT2D eigenvalue weighted by Crippen LogP contribution is 2.18. The normalized spacial score (nSPS) is 15.4. The van der Waals surface area contributed by atoms with E-state index < -0.39 is 0 Å². The maximum atomic E-state index is 13.0. The molecule has 0 atom stereocenters. The minimum absolute atomic E-state index is 0.177. The lowest BCUT2D eigenvalue weighted by Gasteiger charge is -2.22. The van der Waals surface area contributed by atoms with Gasteiger partial charge in [-0.3, -0.25) is 9.59 Å². The van der Waals surface area contributed by atoms with Crippen LogP contribution in [0.25, 0.3) is 6.08 Å². The summed E-state index contributed by atoms with van der Waals surface area (Å²) in [7, 11) is 0. The maximum Gasteiger partial charge on any atom is 0.270 e. The van der Waals surface area contributed by atoms with Crippen LogP contribution in [0, 0.1) is 0 Å². The van der Waals surface area contributed by atoms with Gasteiger partial charge in [-0.1, -0.05) is 25.0 Å². The Kier molecular flexibility index (Phi) is 6.28. The molecule has 0 radical (unpaired) electrons. The van der Waals surface area contributed by atoms with Crippen molar-refractivity contribution in [1.29, 1.82) is 0 Å². The number of nitrogens with zero attached hydrogens (tertiary/aromatic N) is 1. The second-order valence-electron chi connectivity index (χ2n) is 6.21. The Bertz CT molecular complexity index is 791. The van der Waals surface area contributed by atoms with E-state index in [-0.39, 0.29) is 17.5 Å². The number of hydrogen-bond acceptors (Lipinski definition) is 3. The van der Waals surface area contributed by atoms with E-state index >= 15 is 0 Å². The van der Waals surface area contributed by atoms with Crippen LogP contribution in [-0.4, -0.2) is 29.8 Å². The molecule has 0 saturated carbocycles. The molecule has 2 heterocycles. The molecule has 26 heavy (non-hydrogen) atoms. The van der Waals surface area contributed by atoms with Crippen LogP contribution in [0.1, 0.15) is 41.8 Å². The van der Waals surface area contributed by atoms with Crippen molar-refractivity contribution >= 4 is 33.8 Å². The van der Waals surface area contributed by atoms with Crippen LogP contribution >= 0.6 is 15.9 Å². The maximum absolute atomic E-state index is 13.0. The Morgan fingerprint density at radius 3 is 2.42 bits per heavy atom. The van der Waals surface area contributed by atoms with Crippen molar-refractivity contribution in [2.45, 2.75) is 25.7 Å². The Morgan fingerprint density at radius 2 is 1.77 bits per heavy atom. The fraction of sp³-hybridized carbons (Fsp3) is 0.300. The first-order valence-electron chi connectivity index (χ1n) is 8.75. The molecule has 1 fully saturated rings. The van der Waals surface area contributed by atoms with E-state index in [0.717, 1.165) is 25.7 Å². The van der Waals surface area contributed by atoms with Gasteiger partial charge in [0.25, 0.3) is 11.8 Å². The summed E-state index contributed by atoms with van der Waals surface area (Å²) in [6.07, 6.45) is 7.35. The van der Waals surface area contributed by atoms with Gasteiger partial charge in [-0.2, -0.15) is 0 Å². The molecule has 3 rings (SSSR count). The summed E-state index contributed by atoms with van der Waals surface area (Å²) in [6.45, 7) is 1.42. The first kappa shape index (κ1) is 18.5. The fourth-order valence-corrected chi connectivity index (χ4v) is 3.41. The molecular weight excluding hydrogens is 396 g/mol. The molecule has 1 aliphatic rings. The highest BCUT2D eigenvalue weighted by atomic mass is 79.9. The lowest BCUT2D eigenvalue weighted by Crippen LogP contribution is -2.39. The van der Waals surface area contributed by atoms with Crippen LogP contribution in [0.2, 0.25) is 0 Å². The Hall–Kier alpha value is -2.34. The molecule has 1 saturated heterocycles. The molecule has 1 N–H and O–H groups in total. The van der Waals surface area contributed by atoms with Crippen molar-refractivity contribution in [2.75, 3.05) is 13.1 Å². The zero-order valence-electron chi connectivity index (χ0n) is 14.4. The second kappa shape index (κ2) is 8.85. The standard InChI is InChI=1S/C20H21BrN2O3/c21-17-10-4-3-9-16(17)19(24)22-18(14-15-8-7-13-26-15)20(25)23-11-5-1-2-6-12-23/h3-4,7-10,13-14H,1-2,5-6,11-12H2,(H,22,24)/b18-14-. The number of nitrogens with one attached hydrogen (secondary N) is 1. The van der Waals surface area contributed by atoms with E-state index in [1.807, 2.05) is 11.0 Å². The lowest BCUT2D eigenvalue weighted by molar-refractivity contribution is -0.127. The highest BCUT2D eigenvalue weighted by molar-refractivity contribution is 9.10. The zero-order valence-corrected chi connectivity index (χ0v) is 16.0. The molecular formula is C20H21BrN2O3. The van der Waals surface area contributed by atoms with Gasteiger partial charge in [-0.15, -0.1) is 0 Å².